The molecule has 1 N–H and O–H groups in total. The molecule has 2 heterocycles. The number of rotatable bonds is 5. The fraction of sp³-hybridized carbons (Fsp3) is 0. The van der Waals surface area contributed by atoms with Crippen molar-refractivity contribution in [3.8, 4) is 11.5 Å². The minimum Gasteiger partial charge on any atom is -0.465 e. The summed E-state index contributed by atoms with van der Waals surface area (Å²) in [5.74, 6) is 0.225. The fourth-order valence-corrected chi connectivity index (χ4v) is 1.72. The molecule has 0 saturated heterocycles. The summed E-state index contributed by atoms with van der Waals surface area (Å²) < 4.78 is 10.4. The van der Waals surface area contributed by atoms with Gasteiger partial charge in [0.1, 0.15) is 5.76 Å². The number of hydrogen-bond donors (Lipinski definition) is 1. The SMILES string of the molecule is O=C(NN=CC=Cc1ccco1)c1nnc(-c2ccccc2)o1. The second-order valence-electron chi connectivity index (χ2n) is 4.37. The van der Waals surface area contributed by atoms with Crippen LogP contribution < -0.4 is 5.43 Å². The maximum Gasteiger partial charge on any atom is 0.328 e. The van der Waals surface area contributed by atoms with Crippen molar-refractivity contribution in [3.05, 3.63) is 66.5 Å². The van der Waals surface area contributed by atoms with Gasteiger partial charge in [-0.2, -0.15) is 5.10 Å². The van der Waals surface area contributed by atoms with Gasteiger partial charge in [-0.15, -0.1) is 10.2 Å². The van der Waals surface area contributed by atoms with Gasteiger partial charge in [0.15, 0.2) is 0 Å². The minimum atomic E-state index is -0.581. The standard InChI is InChI=1S/C16H12N4O3/c21-14(18-17-10-4-8-13-9-5-11-22-13)16-20-19-15(23-16)12-6-2-1-3-7-12/h1-11H,(H,18,21). The van der Waals surface area contributed by atoms with Crippen LogP contribution in [0.1, 0.15) is 16.4 Å². The number of nitrogens with one attached hydrogen (secondary N) is 1. The molecule has 0 spiro atoms. The van der Waals surface area contributed by atoms with Crippen molar-refractivity contribution in [1.82, 2.24) is 15.6 Å². The summed E-state index contributed by atoms with van der Waals surface area (Å²) in [7, 11) is 0. The Balaban J connectivity index is 1.57. The van der Waals surface area contributed by atoms with Crippen LogP contribution in [0.25, 0.3) is 17.5 Å². The first-order valence-electron chi connectivity index (χ1n) is 6.75. The van der Waals surface area contributed by atoms with E-state index in [9.17, 15) is 4.79 Å². The zero-order valence-electron chi connectivity index (χ0n) is 11.9. The number of allylic oxidation sites excluding steroid dienone is 1. The fourth-order valence-electron chi connectivity index (χ4n) is 1.72. The highest BCUT2D eigenvalue weighted by Gasteiger charge is 2.14. The van der Waals surface area contributed by atoms with Crippen molar-refractivity contribution in [2.75, 3.05) is 0 Å². The van der Waals surface area contributed by atoms with Gasteiger partial charge in [-0.1, -0.05) is 18.2 Å². The van der Waals surface area contributed by atoms with E-state index in [0.29, 0.717) is 5.76 Å². The number of benzene rings is 1. The third-order valence-electron chi connectivity index (χ3n) is 2.77. The second-order valence-corrected chi connectivity index (χ2v) is 4.37. The van der Waals surface area contributed by atoms with Gasteiger partial charge < -0.3 is 8.83 Å². The number of carbonyl (C=O) groups excluding carboxylic acids is 1. The molecule has 0 unspecified atom stereocenters. The van der Waals surface area contributed by atoms with Gasteiger partial charge in [-0.3, -0.25) is 4.79 Å². The number of aromatic nitrogens is 2. The molecule has 23 heavy (non-hydrogen) atoms. The van der Waals surface area contributed by atoms with Crippen LogP contribution in [0.5, 0.6) is 0 Å². The van der Waals surface area contributed by atoms with E-state index in [-0.39, 0.29) is 11.8 Å². The zero-order valence-corrected chi connectivity index (χ0v) is 11.9. The Morgan fingerprint density at radius 1 is 1.13 bits per heavy atom. The summed E-state index contributed by atoms with van der Waals surface area (Å²) in [6.07, 6.45) is 6.31. The summed E-state index contributed by atoms with van der Waals surface area (Å²) in [6.45, 7) is 0. The summed E-state index contributed by atoms with van der Waals surface area (Å²) in [6, 6.07) is 12.8. The van der Waals surface area contributed by atoms with Crippen LogP contribution in [0.3, 0.4) is 0 Å². The van der Waals surface area contributed by atoms with E-state index in [2.05, 4.69) is 20.7 Å². The van der Waals surface area contributed by atoms with Crippen molar-refractivity contribution in [2.24, 2.45) is 5.10 Å². The molecule has 0 fully saturated rings. The quantitative estimate of drug-likeness (QED) is 0.578. The monoisotopic (exact) mass is 308 g/mol. The molecule has 7 heteroatoms. The molecule has 0 aliphatic carbocycles. The lowest BCUT2D eigenvalue weighted by Gasteiger charge is -1.93. The zero-order chi connectivity index (χ0) is 15.9. The molecule has 0 aliphatic heterocycles. The van der Waals surface area contributed by atoms with Crippen LogP contribution in [-0.2, 0) is 0 Å². The number of furan rings is 1. The van der Waals surface area contributed by atoms with Gasteiger partial charge in [0.05, 0.1) is 6.26 Å². The van der Waals surface area contributed by atoms with E-state index in [1.54, 1.807) is 30.5 Å². The highest BCUT2D eigenvalue weighted by molar-refractivity contribution is 5.90. The van der Waals surface area contributed by atoms with Gasteiger partial charge in [0.25, 0.3) is 0 Å². The number of carbonyl (C=O) groups is 1. The predicted octanol–water partition coefficient (Wildman–Crippen LogP) is 2.76. The molecule has 7 nitrogen and oxygen atoms in total. The van der Waals surface area contributed by atoms with Gasteiger partial charge >= 0.3 is 11.8 Å². The van der Waals surface area contributed by atoms with Crippen LogP contribution in [-0.4, -0.2) is 22.3 Å². The molecule has 0 atom stereocenters. The summed E-state index contributed by atoms with van der Waals surface area (Å²) in [5.41, 5.74) is 3.04. The lowest BCUT2D eigenvalue weighted by Crippen LogP contribution is -2.17. The van der Waals surface area contributed by atoms with E-state index in [1.165, 1.54) is 6.21 Å². The normalized spacial score (nSPS) is 11.3. The topological polar surface area (TPSA) is 93.5 Å². The van der Waals surface area contributed by atoms with E-state index in [0.717, 1.165) is 5.56 Å². The van der Waals surface area contributed by atoms with Crippen LogP contribution in [0.15, 0.2) is 68.7 Å². The van der Waals surface area contributed by atoms with Crippen molar-refractivity contribution in [3.63, 3.8) is 0 Å². The van der Waals surface area contributed by atoms with Crippen LogP contribution in [0.4, 0.5) is 0 Å². The first-order valence-corrected chi connectivity index (χ1v) is 6.75. The second kappa shape index (κ2) is 6.99. The molecule has 3 aromatic rings. The third-order valence-corrected chi connectivity index (χ3v) is 2.77. The van der Waals surface area contributed by atoms with Gasteiger partial charge in [0.2, 0.25) is 5.89 Å². The van der Waals surface area contributed by atoms with Gasteiger partial charge in [0, 0.05) is 11.8 Å². The third kappa shape index (κ3) is 3.79. The Morgan fingerprint density at radius 2 is 2.00 bits per heavy atom. The molecule has 0 saturated carbocycles. The number of nitrogens with zero attached hydrogens (tertiary/aromatic N) is 3. The molecular weight excluding hydrogens is 296 g/mol. The van der Waals surface area contributed by atoms with Crippen molar-refractivity contribution in [1.29, 1.82) is 0 Å². The minimum absolute atomic E-state index is 0.156. The summed E-state index contributed by atoms with van der Waals surface area (Å²) in [4.78, 5) is 11.8. The Hall–Kier alpha value is -3.48. The molecule has 1 amide bonds. The lowest BCUT2D eigenvalue weighted by molar-refractivity contribution is 0.0921. The average molecular weight is 308 g/mol. The largest absolute Gasteiger partial charge is 0.465 e. The molecule has 0 aliphatic rings. The molecule has 2 aromatic heterocycles. The lowest BCUT2D eigenvalue weighted by atomic mass is 10.2. The van der Waals surface area contributed by atoms with Crippen LogP contribution in [0, 0.1) is 0 Å². The Kier molecular flexibility index (Phi) is 4.39. The van der Waals surface area contributed by atoms with Crippen LogP contribution >= 0.6 is 0 Å². The Labute approximate surface area is 131 Å². The number of hydrazone groups is 1. The smallest absolute Gasteiger partial charge is 0.328 e. The highest BCUT2D eigenvalue weighted by atomic mass is 16.4. The highest BCUT2D eigenvalue weighted by Crippen LogP contribution is 2.16. The first kappa shape index (κ1) is 14.5. The van der Waals surface area contributed by atoms with Crippen molar-refractivity contribution in [2.45, 2.75) is 0 Å². The summed E-state index contributed by atoms with van der Waals surface area (Å²) in [5, 5.41) is 11.3. The maximum absolute atomic E-state index is 11.8. The summed E-state index contributed by atoms with van der Waals surface area (Å²) >= 11 is 0. The molecule has 1 aromatic carbocycles. The van der Waals surface area contributed by atoms with Gasteiger partial charge in [-0.25, -0.2) is 5.43 Å². The molecule has 0 bridgehead atoms. The van der Waals surface area contributed by atoms with Gasteiger partial charge in [-0.05, 0) is 36.4 Å². The van der Waals surface area contributed by atoms with Crippen molar-refractivity contribution >= 4 is 18.2 Å². The predicted molar refractivity (Wildman–Crippen MR) is 83.4 cm³/mol. The number of hydrogen-bond acceptors (Lipinski definition) is 6. The number of amides is 1. The van der Waals surface area contributed by atoms with E-state index >= 15 is 0 Å². The molecular formula is C16H12N4O3. The van der Waals surface area contributed by atoms with E-state index in [4.69, 9.17) is 8.83 Å². The average Bonchev–Trinajstić information content (AvgIpc) is 3.27. The Morgan fingerprint density at radius 3 is 2.78 bits per heavy atom. The van der Waals surface area contributed by atoms with Crippen molar-refractivity contribution < 1.29 is 13.6 Å². The first-order chi connectivity index (χ1) is 11.3. The molecule has 114 valence electrons. The maximum atomic E-state index is 11.8. The van der Waals surface area contributed by atoms with E-state index < -0.39 is 5.91 Å². The molecule has 3 rings (SSSR count). The molecule has 0 radical (unpaired) electrons. The van der Waals surface area contributed by atoms with E-state index in [1.807, 2.05) is 30.3 Å². The van der Waals surface area contributed by atoms with Crippen LogP contribution in [0.2, 0.25) is 0 Å². The Bertz CT molecular complexity index is 820.